The highest BCUT2D eigenvalue weighted by atomic mass is 19.1. The van der Waals surface area contributed by atoms with Crippen molar-refractivity contribution in [2.45, 2.75) is 0 Å². The van der Waals surface area contributed by atoms with E-state index in [1.807, 2.05) is 0 Å². The summed E-state index contributed by atoms with van der Waals surface area (Å²) in [7, 11) is 1.36. The number of anilines is 2. The molecule has 7 nitrogen and oxygen atoms in total. The van der Waals surface area contributed by atoms with Gasteiger partial charge >= 0.3 is 0 Å². The number of fused-ring (bicyclic) bond motifs is 1. The van der Waals surface area contributed by atoms with E-state index in [0.29, 0.717) is 0 Å². The normalized spacial score (nSPS) is 12.6. The lowest BCUT2D eigenvalue weighted by molar-refractivity contribution is -0.111. The molecule has 2 aromatic rings. The number of amides is 4. The molecule has 0 aromatic heterocycles. The van der Waals surface area contributed by atoms with Crippen molar-refractivity contribution in [3.63, 3.8) is 0 Å². The summed E-state index contributed by atoms with van der Waals surface area (Å²) in [5.74, 6) is -2.74. The summed E-state index contributed by atoms with van der Waals surface area (Å²) >= 11 is 0. The number of benzene rings is 2. The third-order valence-electron chi connectivity index (χ3n) is 4.02. The molecule has 0 unspecified atom stereocenters. The number of nitrogens with one attached hydrogen (secondary N) is 2. The lowest BCUT2D eigenvalue weighted by Crippen LogP contribution is -2.24. The van der Waals surface area contributed by atoms with Crippen molar-refractivity contribution in [3.8, 4) is 0 Å². The summed E-state index contributed by atoms with van der Waals surface area (Å²) in [4.78, 5) is 48.7. The van der Waals surface area contributed by atoms with Crippen LogP contribution in [0.15, 0.2) is 49.1 Å². The molecular weight excluding hydrogens is 353 g/mol. The molecule has 0 bridgehead atoms. The second kappa shape index (κ2) is 6.83. The second-order valence-electron chi connectivity index (χ2n) is 5.77. The standard InChI is InChI=1S/C19H14FN3O4/c1-3-16(24)22-15-9-11(5-7-14(15)20)21-17(25)10-4-6-12-13(8-10)19(27)23(2)18(12)26/h3-9H,1H2,2H3,(H,21,25)(H,22,24). The van der Waals surface area contributed by atoms with E-state index < -0.39 is 29.4 Å². The van der Waals surface area contributed by atoms with E-state index in [9.17, 15) is 23.6 Å². The molecule has 0 radical (unpaired) electrons. The van der Waals surface area contributed by atoms with Crippen LogP contribution in [0.5, 0.6) is 0 Å². The maximum Gasteiger partial charge on any atom is 0.261 e. The van der Waals surface area contributed by atoms with Gasteiger partial charge in [-0.3, -0.25) is 24.1 Å². The Bertz CT molecular complexity index is 1020. The number of rotatable bonds is 4. The number of imide groups is 1. The van der Waals surface area contributed by atoms with Crippen LogP contribution in [-0.4, -0.2) is 35.6 Å². The van der Waals surface area contributed by atoms with E-state index in [4.69, 9.17) is 0 Å². The summed E-state index contributed by atoms with van der Waals surface area (Å²) in [5, 5.41) is 4.84. The third kappa shape index (κ3) is 3.32. The number of hydrogen-bond donors (Lipinski definition) is 2. The number of hydrogen-bond acceptors (Lipinski definition) is 4. The summed E-state index contributed by atoms with van der Waals surface area (Å²) < 4.78 is 13.8. The fourth-order valence-corrected chi connectivity index (χ4v) is 2.59. The van der Waals surface area contributed by atoms with Gasteiger partial charge in [0.25, 0.3) is 17.7 Å². The van der Waals surface area contributed by atoms with Gasteiger partial charge in [0.1, 0.15) is 5.82 Å². The van der Waals surface area contributed by atoms with Gasteiger partial charge in [-0.1, -0.05) is 6.58 Å². The maximum absolute atomic E-state index is 13.8. The zero-order chi connectivity index (χ0) is 19.7. The minimum Gasteiger partial charge on any atom is -0.322 e. The van der Waals surface area contributed by atoms with Gasteiger partial charge < -0.3 is 10.6 Å². The van der Waals surface area contributed by atoms with Gasteiger partial charge in [0.2, 0.25) is 5.91 Å². The van der Waals surface area contributed by atoms with Gasteiger partial charge in [0.05, 0.1) is 16.8 Å². The molecule has 136 valence electrons. The summed E-state index contributed by atoms with van der Waals surface area (Å²) in [5.41, 5.74) is 0.657. The Kier molecular flexibility index (Phi) is 4.55. The van der Waals surface area contributed by atoms with Crippen LogP contribution in [-0.2, 0) is 4.79 Å². The molecular formula is C19H14FN3O4. The topological polar surface area (TPSA) is 95.6 Å². The SMILES string of the molecule is C=CC(=O)Nc1cc(NC(=O)c2ccc3c(c2)C(=O)N(C)C3=O)ccc1F. The lowest BCUT2D eigenvalue weighted by Gasteiger charge is -2.09. The van der Waals surface area contributed by atoms with E-state index in [1.165, 1.54) is 37.4 Å². The quantitative estimate of drug-likeness (QED) is 0.641. The van der Waals surface area contributed by atoms with Gasteiger partial charge in [-0.25, -0.2) is 4.39 Å². The predicted octanol–water partition coefficient (Wildman–Crippen LogP) is 2.43. The number of carbonyl (C=O) groups is 4. The molecule has 1 aliphatic heterocycles. The predicted molar refractivity (Wildman–Crippen MR) is 96.0 cm³/mol. The zero-order valence-corrected chi connectivity index (χ0v) is 14.2. The van der Waals surface area contributed by atoms with Crippen LogP contribution in [0.4, 0.5) is 15.8 Å². The Morgan fingerprint density at radius 1 is 1.04 bits per heavy atom. The Morgan fingerprint density at radius 2 is 1.74 bits per heavy atom. The largest absolute Gasteiger partial charge is 0.322 e. The first-order chi connectivity index (χ1) is 12.8. The van der Waals surface area contributed by atoms with Gasteiger partial charge in [-0.15, -0.1) is 0 Å². The molecule has 8 heteroatoms. The zero-order valence-electron chi connectivity index (χ0n) is 14.2. The van der Waals surface area contributed by atoms with E-state index in [0.717, 1.165) is 17.0 Å². The molecule has 4 amide bonds. The van der Waals surface area contributed by atoms with E-state index in [1.54, 1.807) is 0 Å². The Morgan fingerprint density at radius 3 is 2.44 bits per heavy atom. The molecule has 27 heavy (non-hydrogen) atoms. The fourth-order valence-electron chi connectivity index (χ4n) is 2.59. The Labute approximate surface area is 153 Å². The van der Waals surface area contributed by atoms with Crippen LogP contribution in [0.2, 0.25) is 0 Å². The molecule has 0 atom stereocenters. The molecule has 0 saturated carbocycles. The molecule has 1 heterocycles. The highest BCUT2D eigenvalue weighted by Crippen LogP contribution is 2.24. The number of halogens is 1. The number of nitrogens with zero attached hydrogens (tertiary/aromatic N) is 1. The molecule has 2 N–H and O–H groups in total. The van der Waals surface area contributed by atoms with Crippen molar-refractivity contribution in [1.82, 2.24) is 4.90 Å². The smallest absolute Gasteiger partial charge is 0.261 e. The van der Waals surface area contributed by atoms with Crippen LogP contribution in [0.3, 0.4) is 0 Å². The van der Waals surface area contributed by atoms with Crippen molar-refractivity contribution in [2.75, 3.05) is 17.7 Å². The molecule has 0 fully saturated rings. The van der Waals surface area contributed by atoms with Crippen LogP contribution < -0.4 is 10.6 Å². The Hall–Kier alpha value is -3.81. The molecule has 0 aliphatic carbocycles. The summed E-state index contributed by atoms with van der Waals surface area (Å²) in [6.07, 6.45) is 0.991. The monoisotopic (exact) mass is 367 g/mol. The van der Waals surface area contributed by atoms with Crippen molar-refractivity contribution in [3.05, 3.63) is 71.6 Å². The van der Waals surface area contributed by atoms with Gasteiger partial charge in [0, 0.05) is 18.3 Å². The van der Waals surface area contributed by atoms with E-state index in [-0.39, 0.29) is 28.1 Å². The molecule has 0 saturated heterocycles. The minimum absolute atomic E-state index is 0.117. The first kappa shape index (κ1) is 18.0. The van der Waals surface area contributed by atoms with Gasteiger partial charge in [-0.2, -0.15) is 0 Å². The molecule has 3 rings (SSSR count). The van der Waals surface area contributed by atoms with E-state index >= 15 is 0 Å². The highest BCUT2D eigenvalue weighted by molar-refractivity contribution is 6.22. The van der Waals surface area contributed by atoms with E-state index in [2.05, 4.69) is 17.2 Å². The summed E-state index contributed by atoms with van der Waals surface area (Å²) in [6.45, 7) is 3.28. The van der Waals surface area contributed by atoms with Crippen LogP contribution in [0.25, 0.3) is 0 Å². The lowest BCUT2D eigenvalue weighted by atomic mass is 10.1. The van der Waals surface area contributed by atoms with Gasteiger partial charge in [-0.05, 0) is 42.5 Å². The molecule has 1 aliphatic rings. The van der Waals surface area contributed by atoms with Crippen molar-refractivity contribution in [2.24, 2.45) is 0 Å². The second-order valence-corrected chi connectivity index (χ2v) is 5.77. The first-order valence-electron chi connectivity index (χ1n) is 7.82. The number of carbonyl (C=O) groups excluding carboxylic acids is 4. The minimum atomic E-state index is -0.673. The maximum atomic E-state index is 13.8. The average Bonchev–Trinajstić information content (AvgIpc) is 2.88. The van der Waals surface area contributed by atoms with Crippen molar-refractivity contribution < 1.29 is 23.6 Å². The summed E-state index contributed by atoms with van der Waals surface area (Å²) in [6, 6.07) is 7.83. The van der Waals surface area contributed by atoms with Crippen LogP contribution >= 0.6 is 0 Å². The first-order valence-corrected chi connectivity index (χ1v) is 7.82. The highest BCUT2D eigenvalue weighted by Gasteiger charge is 2.33. The Balaban J connectivity index is 1.84. The molecule has 2 aromatic carbocycles. The fraction of sp³-hybridized carbons (Fsp3) is 0.0526. The average molecular weight is 367 g/mol. The van der Waals surface area contributed by atoms with Crippen LogP contribution in [0.1, 0.15) is 31.1 Å². The molecule has 0 spiro atoms. The van der Waals surface area contributed by atoms with Crippen molar-refractivity contribution in [1.29, 1.82) is 0 Å². The van der Waals surface area contributed by atoms with Crippen LogP contribution in [0, 0.1) is 5.82 Å². The van der Waals surface area contributed by atoms with Crippen molar-refractivity contribution >= 4 is 35.0 Å². The third-order valence-corrected chi connectivity index (χ3v) is 4.02. The van der Waals surface area contributed by atoms with Gasteiger partial charge in [0.15, 0.2) is 0 Å².